The summed E-state index contributed by atoms with van der Waals surface area (Å²) in [6, 6.07) is 12.6. The third-order valence-corrected chi connectivity index (χ3v) is 4.89. The molecule has 2 amide bonds. The minimum atomic E-state index is -0.245. The molecule has 0 saturated carbocycles. The Morgan fingerprint density at radius 1 is 1.17 bits per heavy atom. The van der Waals surface area contributed by atoms with Crippen molar-refractivity contribution in [3.8, 4) is 23.0 Å². The highest BCUT2D eigenvalue weighted by Gasteiger charge is 2.31. The molecule has 29 heavy (non-hydrogen) atoms. The van der Waals surface area contributed by atoms with Crippen LogP contribution in [0, 0.1) is 5.92 Å². The van der Waals surface area contributed by atoms with Crippen molar-refractivity contribution < 1.29 is 28.5 Å². The summed E-state index contributed by atoms with van der Waals surface area (Å²) in [5, 5.41) is 2.84. The molecule has 152 valence electrons. The van der Waals surface area contributed by atoms with E-state index in [-0.39, 0.29) is 31.1 Å². The molecule has 1 fully saturated rings. The van der Waals surface area contributed by atoms with Crippen LogP contribution in [0.1, 0.15) is 6.42 Å². The number of fused-ring (bicyclic) bond motifs is 1. The SMILES string of the molecule is COc1ccccc1OCC(=O)NC[C@@H]1CC(=O)N(c2ccc3c(c2)OCO3)C1. The number of nitrogens with one attached hydrogen (secondary N) is 1. The minimum Gasteiger partial charge on any atom is -0.493 e. The average Bonchev–Trinajstić information content (AvgIpc) is 3.36. The standard InChI is InChI=1S/C21H22N2O6/c1-26-16-4-2-3-5-17(16)27-12-20(24)22-10-14-8-21(25)23(11-14)15-6-7-18-19(9-15)29-13-28-18/h2-7,9,14H,8,10-13H2,1H3,(H,22,24)/t14-/m0/s1. The van der Waals surface area contributed by atoms with Crippen molar-refractivity contribution in [3.63, 3.8) is 0 Å². The van der Waals surface area contributed by atoms with Crippen LogP contribution in [-0.2, 0) is 9.59 Å². The van der Waals surface area contributed by atoms with Gasteiger partial charge in [-0.3, -0.25) is 9.59 Å². The van der Waals surface area contributed by atoms with Crippen LogP contribution < -0.4 is 29.2 Å². The van der Waals surface area contributed by atoms with Crippen LogP contribution in [0.4, 0.5) is 5.69 Å². The number of ether oxygens (including phenoxy) is 4. The number of benzene rings is 2. The van der Waals surface area contributed by atoms with E-state index in [4.69, 9.17) is 18.9 Å². The van der Waals surface area contributed by atoms with Crippen LogP contribution >= 0.6 is 0 Å². The van der Waals surface area contributed by atoms with Crippen LogP contribution in [0.5, 0.6) is 23.0 Å². The first-order valence-electron chi connectivity index (χ1n) is 9.36. The average molecular weight is 398 g/mol. The van der Waals surface area contributed by atoms with Crippen LogP contribution in [0.3, 0.4) is 0 Å². The molecule has 2 aromatic rings. The van der Waals surface area contributed by atoms with E-state index in [1.54, 1.807) is 30.2 Å². The highest BCUT2D eigenvalue weighted by Crippen LogP contribution is 2.37. The van der Waals surface area contributed by atoms with Gasteiger partial charge in [0.2, 0.25) is 12.7 Å². The van der Waals surface area contributed by atoms with Gasteiger partial charge in [-0.15, -0.1) is 0 Å². The lowest BCUT2D eigenvalue weighted by Crippen LogP contribution is -2.34. The number of anilines is 1. The third-order valence-electron chi connectivity index (χ3n) is 4.89. The first-order chi connectivity index (χ1) is 14.1. The van der Waals surface area contributed by atoms with Crippen molar-refractivity contribution in [2.75, 3.05) is 38.5 Å². The van der Waals surface area contributed by atoms with Crippen molar-refractivity contribution in [1.82, 2.24) is 5.32 Å². The Morgan fingerprint density at radius 3 is 2.79 bits per heavy atom. The molecule has 1 atom stereocenters. The lowest BCUT2D eigenvalue weighted by Gasteiger charge is -2.17. The van der Waals surface area contributed by atoms with Crippen molar-refractivity contribution >= 4 is 17.5 Å². The van der Waals surface area contributed by atoms with Crippen LogP contribution in [-0.4, -0.2) is 45.4 Å². The first kappa shape index (κ1) is 18.9. The molecule has 8 heteroatoms. The van der Waals surface area contributed by atoms with Gasteiger partial charge in [-0.1, -0.05) is 12.1 Å². The van der Waals surface area contributed by atoms with Crippen LogP contribution in [0.15, 0.2) is 42.5 Å². The number of hydrogen-bond donors (Lipinski definition) is 1. The topological polar surface area (TPSA) is 86.3 Å². The summed E-state index contributed by atoms with van der Waals surface area (Å²) in [7, 11) is 1.55. The van der Waals surface area contributed by atoms with E-state index >= 15 is 0 Å². The van der Waals surface area contributed by atoms with Gasteiger partial charge >= 0.3 is 0 Å². The molecule has 1 N–H and O–H groups in total. The number of rotatable bonds is 7. The number of carbonyl (C=O) groups is 2. The maximum absolute atomic E-state index is 12.4. The quantitative estimate of drug-likeness (QED) is 0.768. The van der Waals surface area contributed by atoms with Crippen LogP contribution in [0.2, 0.25) is 0 Å². The molecule has 2 aliphatic heterocycles. The zero-order valence-electron chi connectivity index (χ0n) is 16.1. The summed E-state index contributed by atoms with van der Waals surface area (Å²) in [5.41, 5.74) is 0.771. The molecule has 2 aliphatic rings. The second-order valence-corrected chi connectivity index (χ2v) is 6.86. The Labute approximate surface area is 168 Å². The van der Waals surface area contributed by atoms with E-state index in [0.717, 1.165) is 5.69 Å². The smallest absolute Gasteiger partial charge is 0.257 e. The number of methoxy groups -OCH3 is 1. The lowest BCUT2D eigenvalue weighted by atomic mass is 10.1. The summed E-state index contributed by atoms with van der Waals surface area (Å²) < 4.78 is 21.4. The van der Waals surface area contributed by atoms with Gasteiger partial charge < -0.3 is 29.2 Å². The number of hydrogen-bond acceptors (Lipinski definition) is 6. The third kappa shape index (κ3) is 4.21. The molecule has 0 aliphatic carbocycles. The summed E-state index contributed by atoms with van der Waals surface area (Å²) in [6.07, 6.45) is 0.377. The maximum atomic E-state index is 12.4. The number of nitrogens with zero attached hydrogens (tertiary/aromatic N) is 1. The predicted molar refractivity (Wildman–Crippen MR) is 105 cm³/mol. The second kappa shape index (κ2) is 8.30. The highest BCUT2D eigenvalue weighted by molar-refractivity contribution is 5.96. The van der Waals surface area contributed by atoms with Gasteiger partial charge in [0.15, 0.2) is 29.6 Å². The largest absolute Gasteiger partial charge is 0.493 e. The zero-order chi connectivity index (χ0) is 20.2. The number of para-hydroxylation sites is 2. The van der Waals surface area contributed by atoms with Gasteiger partial charge in [-0.25, -0.2) is 0 Å². The molecule has 2 heterocycles. The maximum Gasteiger partial charge on any atom is 0.257 e. The molecule has 4 rings (SSSR count). The van der Waals surface area contributed by atoms with Gasteiger partial charge in [0, 0.05) is 37.2 Å². The fraction of sp³-hybridized carbons (Fsp3) is 0.333. The van der Waals surface area contributed by atoms with Crippen molar-refractivity contribution in [2.45, 2.75) is 6.42 Å². The van der Waals surface area contributed by atoms with E-state index < -0.39 is 0 Å². The van der Waals surface area contributed by atoms with Crippen molar-refractivity contribution in [3.05, 3.63) is 42.5 Å². The fourth-order valence-electron chi connectivity index (χ4n) is 3.41. The van der Waals surface area contributed by atoms with Crippen molar-refractivity contribution in [1.29, 1.82) is 0 Å². The van der Waals surface area contributed by atoms with E-state index in [1.165, 1.54) is 0 Å². The minimum absolute atomic E-state index is 0.0217. The molecule has 0 radical (unpaired) electrons. The first-order valence-corrected chi connectivity index (χ1v) is 9.36. The van der Waals surface area contributed by atoms with Gasteiger partial charge in [0.25, 0.3) is 5.91 Å². The normalized spacial score (nSPS) is 17.3. The predicted octanol–water partition coefficient (Wildman–Crippen LogP) is 1.97. The molecule has 0 bridgehead atoms. The molecular weight excluding hydrogens is 376 g/mol. The molecular formula is C21H22N2O6. The highest BCUT2D eigenvalue weighted by atomic mass is 16.7. The van der Waals surface area contributed by atoms with Gasteiger partial charge in [-0.2, -0.15) is 0 Å². The summed E-state index contributed by atoms with van der Waals surface area (Å²) in [5.74, 6) is 2.21. The van der Waals surface area contributed by atoms with Crippen LogP contribution in [0.25, 0.3) is 0 Å². The Kier molecular flexibility index (Phi) is 5.41. The molecule has 8 nitrogen and oxygen atoms in total. The fourth-order valence-corrected chi connectivity index (χ4v) is 3.41. The van der Waals surface area contributed by atoms with E-state index in [0.29, 0.717) is 42.5 Å². The van der Waals surface area contributed by atoms with E-state index in [2.05, 4.69) is 5.32 Å². The van der Waals surface area contributed by atoms with E-state index in [1.807, 2.05) is 24.3 Å². The van der Waals surface area contributed by atoms with Gasteiger partial charge in [-0.05, 0) is 24.3 Å². The molecule has 0 spiro atoms. The number of amides is 2. The molecule has 0 unspecified atom stereocenters. The Bertz CT molecular complexity index is 916. The van der Waals surface area contributed by atoms with Gasteiger partial charge in [0.05, 0.1) is 7.11 Å². The molecule has 1 saturated heterocycles. The molecule has 2 aromatic carbocycles. The van der Waals surface area contributed by atoms with Gasteiger partial charge in [0.1, 0.15) is 0 Å². The summed E-state index contributed by atoms with van der Waals surface area (Å²) >= 11 is 0. The Balaban J connectivity index is 1.27. The second-order valence-electron chi connectivity index (χ2n) is 6.86. The number of carbonyl (C=O) groups excluding carboxylic acids is 2. The Morgan fingerprint density at radius 2 is 1.97 bits per heavy atom. The van der Waals surface area contributed by atoms with E-state index in [9.17, 15) is 9.59 Å². The Hall–Kier alpha value is -3.42. The van der Waals surface area contributed by atoms with Crippen molar-refractivity contribution in [2.24, 2.45) is 5.92 Å². The summed E-state index contributed by atoms with van der Waals surface area (Å²) in [6.45, 7) is 1.01. The monoisotopic (exact) mass is 398 g/mol. The molecule has 0 aromatic heterocycles. The lowest BCUT2D eigenvalue weighted by molar-refractivity contribution is -0.123. The summed E-state index contributed by atoms with van der Waals surface area (Å²) in [4.78, 5) is 26.3. The zero-order valence-corrected chi connectivity index (χ0v) is 16.1.